The molecule has 5 heteroatoms. The number of para-hydroxylation sites is 1. The third kappa shape index (κ3) is 5.61. The van der Waals surface area contributed by atoms with Crippen LogP contribution in [0.1, 0.15) is 17.2 Å². The Hall–Kier alpha value is -3.78. The van der Waals surface area contributed by atoms with E-state index in [1.165, 1.54) is 0 Å². The molecule has 28 heavy (non-hydrogen) atoms. The van der Waals surface area contributed by atoms with Gasteiger partial charge in [-0.25, -0.2) is 4.79 Å². The van der Waals surface area contributed by atoms with Crippen LogP contribution in [0.2, 0.25) is 0 Å². The summed E-state index contributed by atoms with van der Waals surface area (Å²) in [6.45, 7) is 0.429. The number of rotatable bonds is 7. The maximum Gasteiger partial charge on any atom is 0.408 e. The van der Waals surface area contributed by atoms with Crippen molar-refractivity contribution in [2.45, 2.75) is 12.5 Å². The number of benzene rings is 3. The summed E-state index contributed by atoms with van der Waals surface area (Å²) in [4.78, 5) is 12.0. The van der Waals surface area contributed by atoms with Crippen LogP contribution < -0.4 is 10.1 Å². The van der Waals surface area contributed by atoms with Crippen LogP contribution in [-0.4, -0.2) is 12.6 Å². The second-order valence-electron chi connectivity index (χ2n) is 6.06. The first-order chi connectivity index (χ1) is 13.7. The van der Waals surface area contributed by atoms with E-state index in [2.05, 4.69) is 5.32 Å². The van der Waals surface area contributed by atoms with Gasteiger partial charge in [-0.15, -0.1) is 0 Å². The molecule has 140 valence electrons. The van der Waals surface area contributed by atoms with Gasteiger partial charge in [-0.05, 0) is 36.2 Å². The molecule has 0 heterocycles. The van der Waals surface area contributed by atoms with E-state index in [1.807, 2.05) is 66.7 Å². The number of nitriles is 1. The van der Waals surface area contributed by atoms with Crippen molar-refractivity contribution in [3.63, 3.8) is 0 Å². The predicted molar refractivity (Wildman–Crippen MR) is 106 cm³/mol. The Labute approximate surface area is 164 Å². The molecule has 1 amide bonds. The summed E-state index contributed by atoms with van der Waals surface area (Å²) < 4.78 is 11.0. The molecule has 0 saturated carbocycles. The fraction of sp³-hybridized carbons (Fsp3) is 0.130. The van der Waals surface area contributed by atoms with Crippen molar-refractivity contribution < 1.29 is 14.3 Å². The molecule has 0 spiro atoms. The molecule has 0 aliphatic rings. The lowest BCUT2D eigenvalue weighted by Gasteiger charge is -2.13. The van der Waals surface area contributed by atoms with Crippen molar-refractivity contribution in [2.75, 3.05) is 6.54 Å². The Kier molecular flexibility index (Phi) is 6.64. The Morgan fingerprint density at radius 1 is 0.929 bits per heavy atom. The number of hydrogen-bond donors (Lipinski definition) is 1. The number of hydrogen-bond acceptors (Lipinski definition) is 4. The molecule has 0 aromatic heterocycles. The van der Waals surface area contributed by atoms with E-state index in [9.17, 15) is 10.1 Å². The maximum absolute atomic E-state index is 12.0. The molecule has 0 aliphatic heterocycles. The van der Waals surface area contributed by atoms with Gasteiger partial charge >= 0.3 is 6.09 Å². The van der Waals surface area contributed by atoms with Crippen molar-refractivity contribution in [3.8, 4) is 17.6 Å². The van der Waals surface area contributed by atoms with Crippen molar-refractivity contribution in [3.05, 3.63) is 96.1 Å². The summed E-state index contributed by atoms with van der Waals surface area (Å²) in [5.74, 6) is 1.25. The number of nitrogens with zero attached hydrogens (tertiary/aromatic N) is 1. The van der Waals surface area contributed by atoms with Gasteiger partial charge in [-0.2, -0.15) is 5.26 Å². The normalized spacial score (nSPS) is 11.1. The molecule has 3 aromatic carbocycles. The SMILES string of the molecule is N#CC(OC(=O)NCCc1ccccc1)c1cccc(Oc2ccccc2)c1. The van der Waals surface area contributed by atoms with Gasteiger partial charge in [0.2, 0.25) is 6.10 Å². The molecule has 1 N–H and O–H groups in total. The molecule has 0 fully saturated rings. The van der Waals surface area contributed by atoms with E-state index in [-0.39, 0.29) is 0 Å². The fourth-order valence-corrected chi connectivity index (χ4v) is 2.64. The number of carbonyl (C=O) groups is 1. The van der Waals surface area contributed by atoms with Crippen LogP contribution in [0.15, 0.2) is 84.9 Å². The molecule has 1 atom stereocenters. The van der Waals surface area contributed by atoms with Crippen molar-refractivity contribution in [1.29, 1.82) is 5.26 Å². The van der Waals surface area contributed by atoms with Crippen molar-refractivity contribution >= 4 is 6.09 Å². The molecular formula is C23H20N2O3. The lowest BCUT2D eigenvalue weighted by molar-refractivity contribution is 0.123. The van der Waals surface area contributed by atoms with E-state index < -0.39 is 12.2 Å². The largest absolute Gasteiger partial charge is 0.457 e. The van der Waals surface area contributed by atoms with Crippen LogP contribution in [0.5, 0.6) is 11.5 Å². The third-order valence-electron chi connectivity index (χ3n) is 4.01. The van der Waals surface area contributed by atoms with Gasteiger partial charge in [0, 0.05) is 12.1 Å². The summed E-state index contributed by atoms with van der Waals surface area (Å²) in [5.41, 5.74) is 1.67. The number of alkyl carbamates (subject to hydrolysis) is 1. The van der Waals surface area contributed by atoms with Gasteiger partial charge in [0.15, 0.2) is 0 Å². The molecule has 3 rings (SSSR count). The van der Waals surface area contributed by atoms with E-state index in [0.29, 0.717) is 30.0 Å². The average molecular weight is 372 g/mol. The van der Waals surface area contributed by atoms with Crippen molar-refractivity contribution in [2.24, 2.45) is 0 Å². The van der Waals surface area contributed by atoms with Crippen LogP contribution >= 0.6 is 0 Å². The van der Waals surface area contributed by atoms with Crippen LogP contribution in [0.25, 0.3) is 0 Å². The molecule has 0 radical (unpaired) electrons. The van der Waals surface area contributed by atoms with Crippen LogP contribution in [0, 0.1) is 11.3 Å². The smallest absolute Gasteiger partial charge is 0.408 e. The Balaban J connectivity index is 1.56. The summed E-state index contributed by atoms with van der Waals surface area (Å²) in [5, 5.41) is 12.1. The quantitative estimate of drug-likeness (QED) is 0.633. The first kappa shape index (κ1) is 19.0. The Bertz CT molecular complexity index is 937. The molecule has 5 nitrogen and oxygen atoms in total. The second kappa shape index (κ2) is 9.79. The summed E-state index contributed by atoms with van der Waals surface area (Å²) in [6.07, 6.45) is -0.957. The highest BCUT2D eigenvalue weighted by Crippen LogP contribution is 2.25. The minimum atomic E-state index is -1.02. The second-order valence-corrected chi connectivity index (χ2v) is 6.06. The van der Waals surface area contributed by atoms with Crippen LogP contribution in [0.3, 0.4) is 0 Å². The zero-order chi connectivity index (χ0) is 19.6. The molecular weight excluding hydrogens is 352 g/mol. The molecule has 0 saturated heterocycles. The highest BCUT2D eigenvalue weighted by Gasteiger charge is 2.16. The van der Waals surface area contributed by atoms with E-state index in [0.717, 1.165) is 5.56 Å². The Morgan fingerprint density at radius 2 is 1.61 bits per heavy atom. The van der Waals surface area contributed by atoms with Gasteiger partial charge in [0.25, 0.3) is 0 Å². The summed E-state index contributed by atoms with van der Waals surface area (Å²) in [7, 11) is 0. The lowest BCUT2D eigenvalue weighted by atomic mass is 10.1. The molecule has 1 unspecified atom stereocenters. The minimum Gasteiger partial charge on any atom is -0.457 e. The highest BCUT2D eigenvalue weighted by atomic mass is 16.6. The summed E-state index contributed by atoms with van der Waals surface area (Å²) in [6, 6.07) is 28.1. The number of nitrogens with one attached hydrogen (secondary N) is 1. The molecule has 0 bridgehead atoms. The monoisotopic (exact) mass is 372 g/mol. The number of ether oxygens (including phenoxy) is 2. The first-order valence-corrected chi connectivity index (χ1v) is 8.95. The minimum absolute atomic E-state index is 0.429. The van der Waals surface area contributed by atoms with Crippen LogP contribution in [0.4, 0.5) is 4.79 Å². The van der Waals surface area contributed by atoms with Gasteiger partial charge in [-0.1, -0.05) is 60.7 Å². The van der Waals surface area contributed by atoms with Gasteiger partial charge in [-0.3, -0.25) is 0 Å². The Morgan fingerprint density at radius 3 is 2.32 bits per heavy atom. The predicted octanol–water partition coefficient (Wildman–Crippen LogP) is 5.01. The summed E-state index contributed by atoms with van der Waals surface area (Å²) >= 11 is 0. The average Bonchev–Trinajstić information content (AvgIpc) is 2.74. The van der Waals surface area contributed by atoms with Gasteiger partial charge in [0.1, 0.15) is 17.6 Å². The number of carbonyl (C=O) groups excluding carboxylic acids is 1. The van der Waals surface area contributed by atoms with Crippen LogP contribution in [-0.2, 0) is 11.2 Å². The first-order valence-electron chi connectivity index (χ1n) is 8.95. The topological polar surface area (TPSA) is 71.3 Å². The highest BCUT2D eigenvalue weighted by molar-refractivity contribution is 5.67. The fourth-order valence-electron chi connectivity index (χ4n) is 2.64. The van der Waals surface area contributed by atoms with E-state index in [4.69, 9.17) is 9.47 Å². The third-order valence-corrected chi connectivity index (χ3v) is 4.01. The zero-order valence-electron chi connectivity index (χ0n) is 15.2. The standard InChI is InChI=1S/C23H20N2O3/c24-17-22(28-23(26)25-15-14-18-8-3-1-4-9-18)19-10-7-13-21(16-19)27-20-11-5-2-6-12-20/h1-13,16,22H,14-15H2,(H,25,26). The van der Waals surface area contributed by atoms with E-state index in [1.54, 1.807) is 24.3 Å². The van der Waals surface area contributed by atoms with E-state index >= 15 is 0 Å². The van der Waals surface area contributed by atoms with Gasteiger partial charge < -0.3 is 14.8 Å². The molecule has 3 aromatic rings. The zero-order valence-corrected chi connectivity index (χ0v) is 15.2. The van der Waals surface area contributed by atoms with Gasteiger partial charge in [0.05, 0.1) is 0 Å². The lowest BCUT2D eigenvalue weighted by Crippen LogP contribution is -2.27. The van der Waals surface area contributed by atoms with Crippen molar-refractivity contribution in [1.82, 2.24) is 5.32 Å². The molecule has 0 aliphatic carbocycles. The maximum atomic E-state index is 12.0. The number of amides is 1.